The van der Waals surface area contributed by atoms with Gasteiger partial charge in [0.15, 0.2) is 0 Å². The fourth-order valence-corrected chi connectivity index (χ4v) is 3.97. The Kier molecular flexibility index (Phi) is 4.01. The first kappa shape index (κ1) is 15.4. The Balaban J connectivity index is 2.27. The lowest BCUT2D eigenvalue weighted by molar-refractivity contribution is -0.117. The standard InChI is InChI=1S/C18H17N3OS/c1-11-6-4-5-7-14(11)17-16-12(2)13(3)23-18(16)21(9-8-19)15(22)10-20-17/h4-7H,9-10H2,1-3H3. The Morgan fingerprint density at radius 3 is 2.74 bits per heavy atom. The number of aliphatic imine (C=N–C) groups is 1. The molecule has 0 N–H and O–H groups in total. The number of amides is 1. The van der Waals surface area contributed by atoms with Gasteiger partial charge in [-0.05, 0) is 31.9 Å². The molecule has 2 heterocycles. The van der Waals surface area contributed by atoms with E-state index in [-0.39, 0.29) is 19.0 Å². The van der Waals surface area contributed by atoms with Crippen LogP contribution in [-0.2, 0) is 4.79 Å². The van der Waals surface area contributed by atoms with Crippen molar-refractivity contribution in [1.82, 2.24) is 0 Å². The highest BCUT2D eigenvalue weighted by atomic mass is 32.1. The molecule has 0 bridgehead atoms. The molecular weight excluding hydrogens is 306 g/mol. The number of thiophene rings is 1. The average Bonchev–Trinajstić information content (AvgIpc) is 2.74. The third kappa shape index (κ3) is 2.55. The summed E-state index contributed by atoms with van der Waals surface area (Å²) in [6.45, 7) is 6.27. The SMILES string of the molecule is Cc1ccccc1C1=NCC(=O)N(CC#N)c2sc(C)c(C)c21. The van der Waals surface area contributed by atoms with Gasteiger partial charge >= 0.3 is 0 Å². The first-order valence-corrected chi connectivity index (χ1v) is 8.24. The molecule has 23 heavy (non-hydrogen) atoms. The normalized spacial score (nSPS) is 14.1. The predicted octanol–water partition coefficient (Wildman–Crippen LogP) is 3.38. The lowest BCUT2D eigenvalue weighted by Gasteiger charge is -2.17. The van der Waals surface area contributed by atoms with Crippen LogP contribution in [0.15, 0.2) is 29.3 Å². The van der Waals surface area contributed by atoms with Crippen molar-refractivity contribution in [3.63, 3.8) is 0 Å². The van der Waals surface area contributed by atoms with Gasteiger partial charge in [0.05, 0.1) is 11.8 Å². The minimum atomic E-state index is -0.127. The van der Waals surface area contributed by atoms with E-state index >= 15 is 0 Å². The number of anilines is 1. The molecule has 0 saturated carbocycles. The molecule has 0 aliphatic carbocycles. The summed E-state index contributed by atoms with van der Waals surface area (Å²) < 4.78 is 0. The second-order valence-corrected chi connectivity index (χ2v) is 6.78. The van der Waals surface area contributed by atoms with Crippen LogP contribution in [0.1, 0.15) is 27.1 Å². The fourth-order valence-electron chi connectivity index (χ4n) is 2.79. The summed E-state index contributed by atoms with van der Waals surface area (Å²) in [6, 6.07) is 10.2. The number of aryl methyl sites for hydroxylation is 2. The number of hydrogen-bond donors (Lipinski definition) is 0. The number of benzene rings is 1. The molecule has 0 spiro atoms. The van der Waals surface area contributed by atoms with Gasteiger partial charge in [0.1, 0.15) is 18.1 Å². The van der Waals surface area contributed by atoms with Crippen LogP contribution in [0.5, 0.6) is 0 Å². The van der Waals surface area contributed by atoms with Crippen LogP contribution in [0.4, 0.5) is 5.00 Å². The van der Waals surface area contributed by atoms with Crippen molar-refractivity contribution in [2.24, 2.45) is 4.99 Å². The van der Waals surface area contributed by atoms with Gasteiger partial charge < -0.3 is 0 Å². The van der Waals surface area contributed by atoms with Gasteiger partial charge in [-0.15, -0.1) is 11.3 Å². The van der Waals surface area contributed by atoms with E-state index in [1.807, 2.05) is 38.1 Å². The molecule has 5 heteroatoms. The summed E-state index contributed by atoms with van der Waals surface area (Å²) in [6.07, 6.45) is 0. The molecule has 0 unspecified atom stereocenters. The fraction of sp³-hybridized carbons (Fsp3) is 0.278. The van der Waals surface area contributed by atoms with Gasteiger partial charge in [-0.3, -0.25) is 14.7 Å². The second kappa shape index (κ2) is 5.98. The smallest absolute Gasteiger partial charge is 0.250 e. The van der Waals surface area contributed by atoms with E-state index in [0.29, 0.717) is 0 Å². The number of rotatable bonds is 2. The van der Waals surface area contributed by atoms with E-state index in [9.17, 15) is 4.79 Å². The lowest BCUT2D eigenvalue weighted by Crippen LogP contribution is -2.32. The summed E-state index contributed by atoms with van der Waals surface area (Å²) in [5.74, 6) is -0.127. The number of carbonyl (C=O) groups excluding carboxylic acids is 1. The molecule has 0 radical (unpaired) electrons. The van der Waals surface area contributed by atoms with E-state index in [0.717, 1.165) is 37.8 Å². The van der Waals surface area contributed by atoms with Gasteiger partial charge in [0.2, 0.25) is 5.91 Å². The van der Waals surface area contributed by atoms with Crippen LogP contribution in [0.3, 0.4) is 0 Å². The van der Waals surface area contributed by atoms with Gasteiger partial charge in [-0.2, -0.15) is 5.26 Å². The maximum atomic E-state index is 12.4. The molecule has 1 aliphatic rings. The van der Waals surface area contributed by atoms with Crippen LogP contribution < -0.4 is 4.90 Å². The molecule has 0 atom stereocenters. The molecular formula is C18H17N3OS. The molecule has 4 nitrogen and oxygen atoms in total. The summed E-state index contributed by atoms with van der Waals surface area (Å²) in [4.78, 5) is 19.7. The first-order chi connectivity index (χ1) is 11.0. The van der Waals surface area contributed by atoms with E-state index in [1.54, 1.807) is 16.2 Å². The summed E-state index contributed by atoms with van der Waals surface area (Å²) in [5, 5.41) is 9.92. The minimum Gasteiger partial charge on any atom is -0.288 e. The second-order valence-electron chi connectivity index (χ2n) is 5.58. The van der Waals surface area contributed by atoms with Crippen molar-refractivity contribution in [3.05, 3.63) is 51.4 Å². The van der Waals surface area contributed by atoms with Crippen molar-refractivity contribution in [2.75, 3.05) is 18.0 Å². The van der Waals surface area contributed by atoms with Crippen molar-refractivity contribution in [1.29, 1.82) is 5.26 Å². The van der Waals surface area contributed by atoms with Crippen molar-refractivity contribution < 1.29 is 4.79 Å². The summed E-state index contributed by atoms with van der Waals surface area (Å²) in [5.41, 5.74) is 5.14. The van der Waals surface area contributed by atoms with Crippen LogP contribution in [0.2, 0.25) is 0 Å². The number of carbonyl (C=O) groups is 1. The maximum Gasteiger partial charge on any atom is 0.250 e. The van der Waals surface area contributed by atoms with Gasteiger partial charge in [0, 0.05) is 16.0 Å². The topological polar surface area (TPSA) is 56.5 Å². The van der Waals surface area contributed by atoms with Crippen LogP contribution >= 0.6 is 11.3 Å². The van der Waals surface area contributed by atoms with Crippen molar-refractivity contribution in [2.45, 2.75) is 20.8 Å². The Morgan fingerprint density at radius 1 is 1.30 bits per heavy atom. The molecule has 2 aromatic rings. The predicted molar refractivity (Wildman–Crippen MR) is 93.4 cm³/mol. The van der Waals surface area contributed by atoms with Gasteiger partial charge in [-0.25, -0.2) is 0 Å². The monoisotopic (exact) mass is 323 g/mol. The number of nitrogens with zero attached hydrogens (tertiary/aromatic N) is 3. The molecule has 3 rings (SSSR count). The zero-order valence-corrected chi connectivity index (χ0v) is 14.2. The van der Waals surface area contributed by atoms with E-state index in [1.165, 1.54) is 0 Å². The van der Waals surface area contributed by atoms with Crippen LogP contribution in [0, 0.1) is 32.1 Å². The summed E-state index contributed by atoms with van der Waals surface area (Å²) in [7, 11) is 0. The number of fused-ring (bicyclic) bond motifs is 1. The molecule has 116 valence electrons. The molecule has 0 fully saturated rings. The Hall–Kier alpha value is -2.45. The number of nitriles is 1. The van der Waals surface area contributed by atoms with Crippen molar-refractivity contribution >= 4 is 28.0 Å². The zero-order chi connectivity index (χ0) is 16.6. The highest BCUT2D eigenvalue weighted by Gasteiger charge is 2.29. The molecule has 0 saturated heterocycles. The maximum absolute atomic E-state index is 12.4. The van der Waals surface area contributed by atoms with E-state index in [4.69, 9.17) is 5.26 Å². The highest BCUT2D eigenvalue weighted by molar-refractivity contribution is 7.17. The molecule has 1 aromatic heterocycles. The Bertz CT molecular complexity index is 858. The lowest BCUT2D eigenvalue weighted by atomic mass is 9.96. The largest absolute Gasteiger partial charge is 0.288 e. The quantitative estimate of drug-likeness (QED) is 0.796. The van der Waals surface area contributed by atoms with Crippen LogP contribution in [-0.4, -0.2) is 24.7 Å². The molecule has 1 amide bonds. The Labute approximate surface area is 139 Å². The molecule has 1 aliphatic heterocycles. The summed E-state index contributed by atoms with van der Waals surface area (Å²) >= 11 is 1.56. The zero-order valence-electron chi connectivity index (χ0n) is 13.4. The average molecular weight is 323 g/mol. The van der Waals surface area contributed by atoms with Gasteiger partial charge in [0.25, 0.3) is 0 Å². The number of hydrogen-bond acceptors (Lipinski definition) is 4. The highest BCUT2D eigenvalue weighted by Crippen LogP contribution is 2.38. The minimum absolute atomic E-state index is 0.0573. The first-order valence-electron chi connectivity index (χ1n) is 7.42. The van der Waals surface area contributed by atoms with Crippen molar-refractivity contribution in [3.8, 4) is 6.07 Å². The van der Waals surface area contributed by atoms with E-state index in [2.05, 4.69) is 18.0 Å². The Morgan fingerprint density at radius 2 is 2.04 bits per heavy atom. The third-order valence-electron chi connectivity index (χ3n) is 4.15. The third-order valence-corrected chi connectivity index (χ3v) is 5.38. The van der Waals surface area contributed by atoms with E-state index < -0.39 is 0 Å². The molecule has 1 aromatic carbocycles. The van der Waals surface area contributed by atoms with Gasteiger partial charge in [-0.1, -0.05) is 24.3 Å². The van der Waals surface area contributed by atoms with Crippen LogP contribution in [0.25, 0.3) is 0 Å².